The fourth-order valence-corrected chi connectivity index (χ4v) is 4.64. The zero-order valence-corrected chi connectivity index (χ0v) is 22.1. The van der Waals surface area contributed by atoms with Gasteiger partial charge in [0.1, 0.15) is 12.6 Å². The van der Waals surface area contributed by atoms with E-state index in [4.69, 9.17) is 23.2 Å². The second kappa shape index (κ2) is 12.4. The van der Waals surface area contributed by atoms with Gasteiger partial charge in [-0.3, -0.25) is 13.9 Å². The van der Waals surface area contributed by atoms with Gasteiger partial charge in [-0.05, 0) is 49.6 Å². The van der Waals surface area contributed by atoms with Gasteiger partial charge in [-0.2, -0.15) is 0 Å². The zero-order valence-electron chi connectivity index (χ0n) is 19.8. The van der Waals surface area contributed by atoms with Gasteiger partial charge in [0.25, 0.3) is 0 Å². The van der Waals surface area contributed by atoms with Crippen molar-refractivity contribution in [3.8, 4) is 0 Å². The Labute approximate surface area is 212 Å². The summed E-state index contributed by atoms with van der Waals surface area (Å²) in [5.74, 6) is -0.831. The third-order valence-electron chi connectivity index (χ3n) is 5.46. The molecule has 0 heterocycles. The molecular weight excluding hydrogens is 497 g/mol. The predicted octanol–water partition coefficient (Wildman–Crippen LogP) is 4.48. The first kappa shape index (κ1) is 28.0. The van der Waals surface area contributed by atoms with Gasteiger partial charge in [-0.25, -0.2) is 8.42 Å². The number of nitrogens with zero attached hydrogens (tertiary/aromatic N) is 2. The van der Waals surface area contributed by atoms with Gasteiger partial charge in [0.05, 0.1) is 11.9 Å². The second-order valence-electron chi connectivity index (χ2n) is 8.10. The highest BCUT2D eigenvalue weighted by atomic mass is 35.5. The van der Waals surface area contributed by atoms with Crippen LogP contribution in [0.1, 0.15) is 39.2 Å². The first-order valence-corrected chi connectivity index (χ1v) is 13.6. The average Bonchev–Trinajstić information content (AvgIpc) is 2.77. The number of halogens is 2. The molecule has 0 spiro atoms. The molecule has 34 heavy (non-hydrogen) atoms. The first-order valence-electron chi connectivity index (χ1n) is 11.0. The Kier molecular flexibility index (Phi) is 10.2. The molecule has 2 unspecified atom stereocenters. The molecule has 7 nitrogen and oxygen atoms in total. The Morgan fingerprint density at radius 3 is 2.26 bits per heavy atom. The van der Waals surface area contributed by atoms with E-state index >= 15 is 0 Å². The maximum absolute atomic E-state index is 13.6. The molecule has 2 amide bonds. The molecule has 0 radical (unpaired) electrons. The summed E-state index contributed by atoms with van der Waals surface area (Å²) in [7, 11) is -3.82. The number of hydrogen-bond acceptors (Lipinski definition) is 4. The number of sulfonamides is 1. The lowest BCUT2D eigenvalue weighted by molar-refractivity contribution is -0.140. The van der Waals surface area contributed by atoms with Crippen molar-refractivity contribution in [1.82, 2.24) is 10.2 Å². The summed E-state index contributed by atoms with van der Waals surface area (Å²) in [5.41, 5.74) is 0.916. The summed E-state index contributed by atoms with van der Waals surface area (Å²) in [4.78, 5) is 28.1. The summed E-state index contributed by atoms with van der Waals surface area (Å²) >= 11 is 12.4. The quantitative estimate of drug-likeness (QED) is 0.466. The monoisotopic (exact) mass is 527 g/mol. The average molecular weight is 529 g/mol. The summed E-state index contributed by atoms with van der Waals surface area (Å²) in [6.45, 7) is 5.21. The minimum Gasteiger partial charge on any atom is -0.352 e. The Hall–Kier alpha value is -2.29. The number of anilines is 1. The summed E-state index contributed by atoms with van der Waals surface area (Å²) in [6.07, 6.45) is 2.10. The highest BCUT2D eigenvalue weighted by Crippen LogP contribution is 2.24. The lowest BCUT2D eigenvalue weighted by atomic mass is 10.1. The van der Waals surface area contributed by atoms with E-state index < -0.39 is 28.5 Å². The lowest BCUT2D eigenvalue weighted by Crippen LogP contribution is -2.53. The molecule has 10 heteroatoms. The standard InChI is InChI=1S/C24H31Cl2N3O4S/c1-5-17(3)27-24(31)22(6-2)28(15-18-10-7-8-13-21(18)26)23(30)16-29(34(4,32)33)20-12-9-11-19(25)14-20/h7-14,17,22H,5-6,15-16H2,1-4H3,(H,27,31). The molecule has 0 aliphatic carbocycles. The van der Waals surface area contributed by atoms with Gasteiger partial charge in [0.2, 0.25) is 21.8 Å². The van der Waals surface area contributed by atoms with Crippen molar-refractivity contribution in [2.75, 3.05) is 17.1 Å². The van der Waals surface area contributed by atoms with E-state index in [9.17, 15) is 18.0 Å². The minimum atomic E-state index is -3.82. The van der Waals surface area contributed by atoms with E-state index in [1.165, 1.54) is 11.0 Å². The highest BCUT2D eigenvalue weighted by molar-refractivity contribution is 7.92. The van der Waals surface area contributed by atoms with Crippen LogP contribution in [-0.4, -0.2) is 50.0 Å². The van der Waals surface area contributed by atoms with Crippen molar-refractivity contribution in [2.24, 2.45) is 0 Å². The van der Waals surface area contributed by atoms with Crippen LogP contribution >= 0.6 is 23.2 Å². The van der Waals surface area contributed by atoms with Gasteiger partial charge < -0.3 is 10.2 Å². The van der Waals surface area contributed by atoms with E-state index in [1.54, 1.807) is 49.4 Å². The Morgan fingerprint density at radius 1 is 1.03 bits per heavy atom. The molecule has 2 atom stereocenters. The molecule has 0 saturated heterocycles. The summed E-state index contributed by atoms with van der Waals surface area (Å²) in [5, 5.41) is 3.71. The zero-order chi connectivity index (χ0) is 25.5. The van der Waals surface area contributed by atoms with Gasteiger partial charge >= 0.3 is 0 Å². The predicted molar refractivity (Wildman–Crippen MR) is 138 cm³/mol. The van der Waals surface area contributed by atoms with Crippen LogP contribution in [-0.2, 0) is 26.2 Å². The number of amides is 2. The Morgan fingerprint density at radius 2 is 1.71 bits per heavy atom. The largest absolute Gasteiger partial charge is 0.352 e. The van der Waals surface area contributed by atoms with Crippen molar-refractivity contribution >= 4 is 50.7 Å². The van der Waals surface area contributed by atoms with E-state index in [2.05, 4.69) is 5.32 Å². The molecule has 2 aromatic carbocycles. The minimum absolute atomic E-state index is 0.0537. The number of benzene rings is 2. The Bertz CT molecular complexity index is 1110. The van der Waals surface area contributed by atoms with E-state index in [0.29, 0.717) is 22.0 Å². The van der Waals surface area contributed by atoms with Crippen molar-refractivity contribution < 1.29 is 18.0 Å². The SMILES string of the molecule is CCC(C)NC(=O)C(CC)N(Cc1ccccc1Cl)C(=O)CN(c1cccc(Cl)c1)S(C)(=O)=O. The van der Waals surface area contributed by atoms with Crippen molar-refractivity contribution in [3.63, 3.8) is 0 Å². The van der Waals surface area contributed by atoms with Crippen molar-refractivity contribution in [2.45, 2.75) is 52.2 Å². The van der Waals surface area contributed by atoms with Crippen molar-refractivity contribution in [3.05, 3.63) is 64.1 Å². The van der Waals surface area contributed by atoms with E-state index in [0.717, 1.165) is 17.0 Å². The maximum Gasteiger partial charge on any atom is 0.244 e. The van der Waals surface area contributed by atoms with E-state index in [1.807, 2.05) is 13.8 Å². The van der Waals surface area contributed by atoms with Crippen LogP contribution in [0, 0.1) is 0 Å². The van der Waals surface area contributed by atoms with Crippen LogP contribution in [0.2, 0.25) is 10.0 Å². The molecule has 0 aliphatic heterocycles. The maximum atomic E-state index is 13.6. The third-order valence-corrected chi connectivity index (χ3v) is 7.21. The normalized spacial score (nSPS) is 13.1. The third kappa shape index (κ3) is 7.61. The molecule has 0 bridgehead atoms. The highest BCUT2D eigenvalue weighted by Gasteiger charge is 2.32. The molecule has 0 aliphatic rings. The molecule has 0 fully saturated rings. The molecule has 186 valence electrons. The van der Waals surface area contributed by atoms with Gasteiger partial charge in [0, 0.05) is 22.6 Å². The van der Waals surface area contributed by atoms with Crippen LogP contribution in [0.5, 0.6) is 0 Å². The van der Waals surface area contributed by atoms with Crippen LogP contribution in [0.25, 0.3) is 0 Å². The molecule has 2 aromatic rings. The lowest BCUT2D eigenvalue weighted by Gasteiger charge is -2.33. The fourth-order valence-electron chi connectivity index (χ4n) is 3.42. The van der Waals surface area contributed by atoms with Crippen LogP contribution in [0.3, 0.4) is 0 Å². The fraction of sp³-hybridized carbons (Fsp3) is 0.417. The number of carbonyl (C=O) groups is 2. The topological polar surface area (TPSA) is 86.8 Å². The second-order valence-corrected chi connectivity index (χ2v) is 10.9. The van der Waals surface area contributed by atoms with Crippen LogP contribution in [0.15, 0.2) is 48.5 Å². The van der Waals surface area contributed by atoms with Crippen molar-refractivity contribution in [1.29, 1.82) is 0 Å². The number of carbonyl (C=O) groups excluding carboxylic acids is 2. The summed E-state index contributed by atoms with van der Waals surface area (Å²) in [6, 6.07) is 12.4. The molecule has 0 aromatic heterocycles. The van der Waals surface area contributed by atoms with E-state index in [-0.39, 0.29) is 24.2 Å². The van der Waals surface area contributed by atoms with Crippen LogP contribution < -0.4 is 9.62 Å². The van der Waals surface area contributed by atoms with Gasteiger partial charge in [-0.1, -0.05) is 61.3 Å². The molecule has 0 saturated carbocycles. The van der Waals surface area contributed by atoms with Crippen LogP contribution in [0.4, 0.5) is 5.69 Å². The molecule has 1 N–H and O–H groups in total. The smallest absolute Gasteiger partial charge is 0.244 e. The van der Waals surface area contributed by atoms with Gasteiger partial charge in [0.15, 0.2) is 0 Å². The summed E-state index contributed by atoms with van der Waals surface area (Å²) < 4.78 is 26.2. The Balaban J connectivity index is 2.45. The first-order chi connectivity index (χ1) is 16.0. The number of nitrogens with one attached hydrogen (secondary N) is 1. The number of rotatable bonds is 11. The molecule has 2 rings (SSSR count). The molecular formula is C24H31Cl2N3O4S. The number of hydrogen-bond donors (Lipinski definition) is 1. The van der Waals surface area contributed by atoms with Gasteiger partial charge in [-0.15, -0.1) is 0 Å².